The van der Waals surface area contributed by atoms with Gasteiger partial charge < -0.3 is 5.32 Å². The van der Waals surface area contributed by atoms with Gasteiger partial charge in [0.25, 0.3) is 0 Å². The third-order valence-corrected chi connectivity index (χ3v) is 4.13. The van der Waals surface area contributed by atoms with Crippen LogP contribution in [0.1, 0.15) is 23.5 Å². The van der Waals surface area contributed by atoms with Gasteiger partial charge in [-0.05, 0) is 41.7 Å². The van der Waals surface area contributed by atoms with Gasteiger partial charge in [-0.1, -0.05) is 41.9 Å². The van der Waals surface area contributed by atoms with Crippen molar-refractivity contribution in [2.75, 3.05) is 0 Å². The molecule has 1 N–H and O–H groups in total. The summed E-state index contributed by atoms with van der Waals surface area (Å²) in [5.74, 6) is -0.115. The molecule has 2 aromatic rings. The van der Waals surface area contributed by atoms with Crippen LogP contribution in [0.4, 0.5) is 4.39 Å². The molecule has 1 fully saturated rings. The second kappa shape index (κ2) is 5.86. The average Bonchev–Trinajstić information content (AvgIpc) is 3.26. The zero-order chi connectivity index (χ0) is 14.8. The Kier molecular flexibility index (Phi) is 3.93. The second-order valence-corrected chi connectivity index (χ2v) is 5.73. The molecule has 3 rings (SSSR count). The van der Waals surface area contributed by atoms with Crippen LogP contribution >= 0.6 is 11.6 Å². The lowest BCUT2D eigenvalue weighted by Gasteiger charge is -2.06. The first-order valence-corrected chi connectivity index (χ1v) is 7.29. The van der Waals surface area contributed by atoms with Gasteiger partial charge in [-0.3, -0.25) is 4.79 Å². The number of halogens is 2. The first kappa shape index (κ1) is 14.1. The SMILES string of the molecule is O=C(NCc1cccc(F)c1)C1CC1c1ccccc1Cl. The lowest BCUT2D eigenvalue weighted by atomic mass is 10.1. The minimum atomic E-state index is -0.290. The second-order valence-electron chi connectivity index (χ2n) is 5.32. The summed E-state index contributed by atoms with van der Waals surface area (Å²) in [6, 6.07) is 13.9. The highest BCUT2D eigenvalue weighted by atomic mass is 35.5. The van der Waals surface area contributed by atoms with E-state index in [-0.39, 0.29) is 23.6 Å². The molecule has 0 saturated heterocycles. The van der Waals surface area contributed by atoms with Gasteiger partial charge in [0, 0.05) is 17.5 Å². The molecule has 0 radical (unpaired) electrons. The number of amides is 1. The zero-order valence-electron chi connectivity index (χ0n) is 11.4. The van der Waals surface area contributed by atoms with Gasteiger partial charge in [-0.25, -0.2) is 4.39 Å². The number of hydrogen-bond acceptors (Lipinski definition) is 1. The van der Waals surface area contributed by atoms with Crippen LogP contribution in [0.5, 0.6) is 0 Å². The Balaban J connectivity index is 1.57. The lowest BCUT2D eigenvalue weighted by molar-refractivity contribution is -0.122. The molecule has 1 amide bonds. The molecular formula is C17H15ClFNO. The molecule has 1 saturated carbocycles. The summed E-state index contributed by atoms with van der Waals surface area (Å²) in [5, 5.41) is 3.57. The Hall–Kier alpha value is -1.87. The van der Waals surface area contributed by atoms with Crippen molar-refractivity contribution in [3.05, 3.63) is 70.5 Å². The summed E-state index contributed by atoms with van der Waals surface area (Å²) < 4.78 is 13.1. The van der Waals surface area contributed by atoms with Gasteiger partial charge >= 0.3 is 0 Å². The van der Waals surface area contributed by atoms with Crippen molar-refractivity contribution >= 4 is 17.5 Å². The molecular weight excluding hydrogens is 289 g/mol. The highest BCUT2D eigenvalue weighted by Gasteiger charge is 2.44. The quantitative estimate of drug-likeness (QED) is 0.912. The van der Waals surface area contributed by atoms with Crippen molar-refractivity contribution in [1.29, 1.82) is 0 Å². The minimum absolute atomic E-state index is 0.00387. The van der Waals surface area contributed by atoms with E-state index in [0.717, 1.165) is 17.5 Å². The summed E-state index contributed by atoms with van der Waals surface area (Å²) in [5.41, 5.74) is 1.79. The van der Waals surface area contributed by atoms with Crippen molar-refractivity contribution < 1.29 is 9.18 Å². The van der Waals surface area contributed by atoms with Crippen LogP contribution < -0.4 is 5.32 Å². The fraction of sp³-hybridized carbons (Fsp3) is 0.235. The van der Waals surface area contributed by atoms with Gasteiger partial charge in [-0.15, -0.1) is 0 Å². The van der Waals surface area contributed by atoms with E-state index < -0.39 is 0 Å². The van der Waals surface area contributed by atoms with Crippen LogP contribution in [0.15, 0.2) is 48.5 Å². The van der Waals surface area contributed by atoms with E-state index in [4.69, 9.17) is 11.6 Å². The number of carbonyl (C=O) groups is 1. The molecule has 0 aliphatic heterocycles. The third-order valence-electron chi connectivity index (χ3n) is 3.79. The Morgan fingerprint density at radius 2 is 2.05 bits per heavy atom. The normalized spacial score (nSPS) is 20.1. The topological polar surface area (TPSA) is 29.1 Å². The van der Waals surface area contributed by atoms with E-state index >= 15 is 0 Å². The Labute approximate surface area is 127 Å². The Morgan fingerprint density at radius 1 is 1.24 bits per heavy atom. The maximum absolute atomic E-state index is 13.1. The molecule has 108 valence electrons. The maximum atomic E-state index is 13.1. The van der Waals surface area contributed by atoms with Crippen LogP contribution in [0, 0.1) is 11.7 Å². The molecule has 0 heterocycles. The molecule has 4 heteroatoms. The zero-order valence-corrected chi connectivity index (χ0v) is 12.1. The highest BCUT2D eigenvalue weighted by molar-refractivity contribution is 6.31. The molecule has 0 spiro atoms. The molecule has 0 bridgehead atoms. The molecule has 0 aromatic heterocycles. The van der Waals surface area contributed by atoms with E-state index in [1.165, 1.54) is 12.1 Å². The van der Waals surface area contributed by atoms with Gasteiger partial charge in [0.1, 0.15) is 5.82 Å². The number of carbonyl (C=O) groups excluding carboxylic acids is 1. The summed E-state index contributed by atoms with van der Waals surface area (Å²) >= 11 is 6.15. The van der Waals surface area contributed by atoms with Crippen LogP contribution in [0.2, 0.25) is 5.02 Å². The van der Waals surface area contributed by atoms with Crippen LogP contribution in [0.3, 0.4) is 0 Å². The smallest absolute Gasteiger partial charge is 0.224 e. The molecule has 21 heavy (non-hydrogen) atoms. The average molecular weight is 304 g/mol. The van der Waals surface area contributed by atoms with Crippen molar-refractivity contribution in [3.63, 3.8) is 0 Å². The fourth-order valence-corrected chi connectivity index (χ4v) is 2.85. The summed E-state index contributed by atoms with van der Waals surface area (Å²) in [6.45, 7) is 0.350. The molecule has 1 aliphatic rings. The van der Waals surface area contributed by atoms with Crippen LogP contribution in [-0.2, 0) is 11.3 Å². The number of hydrogen-bond donors (Lipinski definition) is 1. The number of rotatable bonds is 4. The van der Waals surface area contributed by atoms with Gasteiger partial charge in [-0.2, -0.15) is 0 Å². The number of benzene rings is 2. The van der Waals surface area contributed by atoms with Crippen molar-refractivity contribution in [2.24, 2.45) is 5.92 Å². The minimum Gasteiger partial charge on any atom is -0.352 e. The predicted molar refractivity (Wildman–Crippen MR) is 80.5 cm³/mol. The van der Waals surface area contributed by atoms with E-state index in [2.05, 4.69) is 5.32 Å². The molecule has 2 atom stereocenters. The third kappa shape index (κ3) is 3.24. The van der Waals surface area contributed by atoms with Crippen molar-refractivity contribution in [3.8, 4) is 0 Å². The fourth-order valence-electron chi connectivity index (χ4n) is 2.57. The largest absolute Gasteiger partial charge is 0.352 e. The lowest BCUT2D eigenvalue weighted by Crippen LogP contribution is -2.24. The summed E-state index contributed by atoms with van der Waals surface area (Å²) in [7, 11) is 0. The molecule has 2 aromatic carbocycles. The maximum Gasteiger partial charge on any atom is 0.224 e. The van der Waals surface area contributed by atoms with Crippen molar-refractivity contribution in [1.82, 2.24) is 5.32 Å². The van der Waals surface area contributed by atoms with Gasteiger partial charge in [0.15, 0.2) is 0 Å². The van der Waals surface area contributed by atoms with Gasteiger partial charge in [0.05, 0.1) is 0 Å². The standard InChI is InChI=1S/C17H15ClFNO/c18-16-7-2-1-6-13(16)14-9-15(14)17(21)20-10-11-4-3-5-12(19)8-11/h1-8,14-15H,9-10H2,(H,20,21). The highest BCUT2D eigenvalue weighted by Crippen LogP contribution is 2.49. The van der Waals surface area contributed by atoms with Gasteiger partial charge in [0.2, 0.25) is 5.91 Å². The van der Waals surface area contributed by atoms with Crippen molar-refractivity contribution in [2.45, 2.75) is 18.9 Å². The van der Waals surface area contributed by atoms with E-state index in [0.29, 0.717) is 11.6 Å². The van der Waals surface area contributed by atoms with Crippen LogP contribution in [-0.4, -0.2) is 5.91 Å². The first-order valence-electron chi connectivity index (χ1n) is 6.92. The van der Waals surface area contributed by atoms with E-state index in [1.807, 2.05) is 24.3 Å². The Morgan fingerprint density at radius 3 is 2.81 bits per heavy atom. The van der Waals surface area contributed by atoms with E-state index in [1.54, 1.807) is 12.1 Å². The molecule has 1 aliphatic carbocycles. The monoisotopic (exact) mass is 303 g/mol. The van der Waals surface area contributed by atoms with E-state index in [9.17, 15) is 9.18 Å². The molecule has 2 nitrogen and oxygen atoms in total. The Bertz CT molecular complexity index is 673. The first-order chi connectivity index (χ1) is 10.1. The van der Waals surface area contributed by atoms with Crippen LogP contribution in [0.25, 0.3) is 0 Å². The number of nitrogens with one attached hydrogen (secondary N) is 1. The predicted octanol–water partition coefficient (Wildman–Crippen LogP) is 3.90. The molecule has 2 unspecified atom stereocenters. The summed E-state index contributed by atoms with van der Waals surface area (Å²) in [6.07, 6.45) is 0.818. The summed E-state index contributed by atoms with van der Waals surface area (Å²) in [4.78, 5) is 12.1.